The zero-order chi connectivity index (χ0) is 13.4. The van der Waals surface area contributed by atoms with Gasteiger partial charge in [-0.1, -0.05) is 15.9 Å². The summed E-state index contributed by atoms with van der Waals surface area (Å²) in [4.78, 5) is 10.6. The van der Waals surface area contributed by atoms with Gasteiger partial charge in [0.1, 0.15) is 5.75 Å². The molecule has 0 aliphatic rings. The largest absolute Gasteiger partial charge is 0.496 e. The molecule has 0 saturated heterocycles. The first-order valence-electron chi connectivity index (χ1n) is 5.95. The Hall–Kier alpha value is -1.07. The van der Waals surface area contributed by atoms with Crippen molar-refractivity contribution in [2.45, 2.75) is 25.8 Å². The van der Waals surface area contributed by atoms with Crippen LogP contribution in [0, 0.1) is 0 Å². The summed E-state index contributed by atoms with van der Waals surface area (Å²) in [5.74, 6) is 0.645. The van der Waals surface area contributed by atoms with E-state index in [1.165, 1.54) is 0 Å². The van der Waals surface area contributed by atoms with Gasteiger partial charge < -0.3 is 15.8 Å². The SMILES string of the molecule is COc1ccc(Br)cc1CNCCCCC(N)=O. The Balaban J connectivity index is 2.30. The van der Waals surface area contributed by atoms with E-state index >= 15 is 0 Å². The molecular weight excluding hydrogens is 296 g/mol. The number of primary amides is 1. The molecule has 1 aromatic rings. The first kappa shape index (κ1) is 15.0. The highest BCUT2D eigenvalue weighted by atomic mass is 79.9. The van der Waals surface area contributed by atoms with E-state index in [9.17, 15) is 4.79 Å². The molecule has 0 unspecified atom stereocenters. The molecule has 0 aliphatic heterocycles. The van der Waals surface area contributed by atoms with Gasteiger partial charge in [0.25, 0.3) is 0 Å². The van der Waals surface area contributed by atoms with Gasteiger partial charge in [0.2, 0.25) is 5.91 Å². The van der Waals surface area contributed by atoms with Crippen molar-refractivity contribution in [1.29, 1.82) is 0 Å². The summed E-state index contributed by atoms with van der Waals surface area (Å²) in [6.07, 6.45) is 2.24. The molecule has 1 amide bonds. The number of hydrogen-bond donors (Lipinski definition) is 2. The monoisotopic (exact) mass is 314 g/mol. The van der Waals surface area contributed by atoms with Crippen LogP contribution in [0.25, 0.3) is 0 Å². The Bertz CT molecular complexity index is 397. The second-order valence-corrected chi connectivity index (χ2v) is 4.97. The zero-order valence-corrected chi connectivity index (χ0v) is 12.1. The third-order valence-electron chi connectivity index (χ3n) is 2.58. The summed E-state index contributed by atoms with van der Waals surface area (Å²) in [6.45, 7) is 1.61. The maximum absolute atomic E-state index is 10.6. The van der Waals surface area contributed by atoms with Crippen LogP contribution in [0.2, 0.25) is 0 Å². The smallest absolute Gasteiger partial charge is 0.217 e. The topological polar surface area (TPSA) is 64.3 Å². The van der Waals surface area contributed by atoms with Crippen LogP contribution in [0.1, 0.15) is 24.8 Å². The highest BCUT2D eigenvalue weighted by Gasteiger charge is 2.03. The van der Waals surface area contributed by atoms with Crippen molar-refractivity contribution in [3.05, 3.63) is 28.2 Å². The number of amides is 1. The molecule has 3 N–H and O–H groups in total. The van der Waals surface area contributed by atoms with E-state index in [1.54, 1.807) is 7.11 Å². The minimum Gasteiger partial charge on any atom is -0.496 e. The van der Waals surface area contributed by atoms with Crippen LogP contribution in [0.3, 0.4) is 0 Å². The van der Waals surface area contributed by atoms with E-state index in [-0.39, 0.29) is 5.91 Å². The van der Waals surface area contributed by atoms with Gasteiger partial charge >= 0.3 is 0 Å². The average molecular weight is 315 g/mol. The van der Waals surface area contributed by atoms with Crippen LogP contribution in [0.5, 0.6) is 5.75 Å². The van der Waals surface area contributed by atoms with Gasteiger partial charge in [0, 0.05) is 23.0 Å². The van der Waals surface area contributed by atoms with Crippen molar-refractivity contribution < 1.29 is 9.53 Å². The lowest BCUT2D eigenvalue weighted by Gasteiger charge is -2.10. The molecule has 0 radical (unpaired) electrons. The number of carbonyl (C=O) groups is 1. The fourth-order valence-electron chi connectivity index (χ4n) is 1.66. The molecular formula is C13H19BrN2O2. The van der Waals surface area contributed by atoms with Crippen molar-refractivity contribution >= 4 is 21.8 Å². The number of ether oxygens (including phenoxy) is 1. The fraction of sp³-hybridized carbons (Fsp3) is 0.462. The molecule has 0 spiro atoms. The molecule has 1 aromatic carbocycles. The van der Waals surface area contributed by atoms with Gasteiger partial charge in [0.05, 0.1) is 7.11 Å². The second kappa shape index (κ2) is 8.11. The predicted molar refractivity (Wildman–Crippen MR) is 75.4 cm³/mol. The number of benzene rings is 1. The van der Waals surface area contributed by atoms with Gasteiger partial charge in [-0.3, -0.25) is 4.79 Å². The summed E-state index contributed by atoms with van der Waals surface area (Å²) in [7, 11) is 1.67. The van der Waals surface area contributed by atoms with Gasteiger partial charge in [-0.2, -0.15) is 0 Å². The molecule has 0 aromatic heterocycles. The molecule has 18 heavy (non-hydrogen) atoms. The quantitative estimate of drug-likeness (QED) is 0.723. The third-order valence-corrected chi connectivity index (χ3v) is 3.08. The molecule has 0 bridgehead atoms. The Morgan fingerprint density at radius 1 is 1.44 bits per heavy atom. The van der Waals surface area contributed by atoms with E-state index in [0.717, 1.165) is 41.7 Å². The number of rotatable bonds is 8. The van der Waals surface area contributed by atoms with Crippen molar-refractivity contribution in [3.63, 3.8) is 0 Å². The number of carbonyl (C=O) groups excluding carboxylic acids is 1. The summed E-state index contributed by atoms with van der Waals surface area (Å²) in [5, 5.41) is 3.32. The normalized spacial score (nSPS) is 10.3. The average Bonchev–Trinajstić information content (AvgIpc) is 2.33. The van der Waals surface area contributed by atoms with Crippen LogP contribution < -0.4 is 15.8 Å². The van der Waals surface area contributed by atoms with Crippen molar-refractivity contribution in [2.75, 3.05) is 13.7 Å². The van der Waals surface area contributed by atoms with E-state index in [1.807, 2.05) is 18.2 Å². The lowest BCUT2D eigenvalue weighted by Crippen LogP contribution is -2.16. The Labute approximate surface area is 116 Å². The first-order chi connectivity index (χ1) is 8.63. The molecule has 0 aliphatic carbocycles. The maximum atomic E-state index is 10.6. The number of halogens is 1. The van der Waals surface area contributed by atoms with E-state index < -0.39 is 0 Å². The van der Waals surface area contributed by atoms with Crippen molar-refractivity contribution in [1.82, 2.24) is 5.32 Å². The van der Waals surface area contributed by atoms with Gasteiger partial charge in [-0.05, 0) is 37.6 Å². The highest BCUT2D eigenvalue weighted by Crippen LogP contribution is 2.22. The number of hydrogen-bond acceptors (Lipinski definition) is 3. The minimum atomic E-state index is -0.233. The number of nitrogens with two attached hydrogens (primary N) is 1. The molecule has 100 valence electrons. The van der Waals surface area contributed by atoms with Gasteiger partial charge in [-0.25, -0.2) is 0 Å². The molecule has 0 saturated carbocycles. The van der Waals surface area contributed by atoms with Crippen molar-refractivity contribution in [2.24, 2.45) is 5.73 Å². The minimum absolute atomic E-state index is 0.233. The van der Waals surface area contributed by atoms with Crippen LogP contribution in [0.4, 0.5) is 0 Å². The van der Waals surface area contributed by atoms with Gasteiger partial charge in [-0.15, -0.1) is 0 Å². The van der Waals surface area contributed by atoms with Crippen LogP contribution in [-0.2, 0) is 11.3 Å². The standard InChI is InChI=1S/C13H19BrN2O2/c1-18-12-6-5-11(14)8-10(12)9-16-7-3-2-4-13(15)17/h5-6,8,16H,2-4,7,9H2,1H3,(H2,15,17). The molecule has 5 heteroatoms. The highest BCUT2D eigenvalue weighted by molar-refractivity contribution is 9.10. The summed E-state index contributed by atoms with van der Waals surface area (Å²) in [6, 6.07) is 5.93. The first-order valence-corrected chi connectivity index (χ1v) is 6.74. The number of methoxy groups -OCH3 is 1. The van der Waals surface area contributed by atoms with E-state index in [2.05, 4.69) is 21.2 Å². The lowest BCUT2D eigenvalue weighted by atomic mass is 10.2. The summed E-state index contributed by atoms with van der Waals surface area (Å²) in [5.41, 5.74) is 6.18. The van der Waals surface area contributed by atoms with Crippen LogP contribution in [-0.4, -0.2) is 19.6 Å². The Morgan fingerprint density at radius 2 is 2.22 bits per heavy atom. The number of unbranched alkanes of at least 4 members (excludes halogenated alkanes) is 1. The maximum Gasteiger partial charge on any atom is 0.217 e. The molecule has 0 atom stereocenters. The van der Waals surface area contributed by atoms with Gasteiger partial charge in [0.15, 0.2) is 0 Å². The van der Waals surface area contributed by atoms with Crippen LogP contribution >= 0.6 is 15.9 Å². The fourth-order valence-corrected chi connectivity index (χ4v) is 2.07. The second-order valence-electron chi connectivity index (χ2n) is 4.06. The Morgan fingerprint density at radius 3 is 2.89 bits per heavy atom. The summed E-state index contributed by atoms with van der Waals surface area (Å²) < 4.78 is 6.32. The van der Waals surface area contributed by atoms with E-state index in [0.29, 0.717) is 6.42 Å². The molecule has 4 nitrogen and oxygen atoms in total. The molecule has 0 fully saturated rings. The van der Waals surface area contributed by atoms with Crippen LogP contribution in [0.15, 0.2) is 22.7 Å². The number of nitrogens with one attached hydrogen (secondary N) is 1. The van der Waals surface area contributed by atoms with E-state index in [4.69, 9.17) is 10.5 Å². The summed E-state index contributed by atoms with van der Waals surface area (Å²) >= 11 is 3.44. The lowest BCUT2D eigenvalue weighted by molar-refractivity contribution is -0.118. The molecule has 0 heterocycles. The third kappa shape index (κ3) is 5.51. The zero-order valence-electron chi connectivity index (χ0n) is 10.5. The Kier molecular flexibility index (Phi) is 6.75. The van der Waals surface area contributed by atoms with Crippen molar-refractivity contribution in [3.8, 4) is 5.75 Å². The predicted octanol–water partition coefficient (Wildman–Crippen LogP) is 2.20. The molecule has 1 rings (SSSR count).